The first-order valence-corrected chi connectivity index (χ1v) is 7.33. The van der Waals surface area contributed by atoms with Crippen LogP contribution < -0.4 is 10.1 Å². The molecule has 1 aromatic rings. The van der Waals surface area contributed by atoms with E-state index in [1.54, 1.807) is 7.11 Å². The quantitative estimate of drug-likeness (QED) is 0.708. The van der Waals surface area contributed by atoms with Crippen molar-refractivity contribution in [1.29, 1.82) is 0 Å². The average molecular weight is 296 g/mol. The molecule has 1 rings (SSSR count). The summed E-state index contributed by atoms with van der Waals surface area (Å²) >= 11 is 0. The van der Waals surface area contributed by atoms with Crippen molar-refractivity contribution in [3.63, 3.8) is 0 Å². The zero-order valence-electron chi connectivity index (χ0n) is 13.9. The van der Waals surface area contributed by atoms with Crippen molar-refractivity contribution in [3.05, 3.63) is 23.4 Å². The van der Waals surface area contributed by atoms with E-state index in [0.29, 0.717) is 32.3 Å². The third-order valence-corrected chi connectivity index (χ3v) is 2.92. The second kappa shape index (κ2) is 8.97. The second-order valence-electron chi connectivity index (χ2n) is 5.93. The van der Waals surface area contributed by atoms with E-state index in [0.717, 1.165) is 12.2 Å². The molecule has 0 spiro atoms. The number of rotatable bonds is 9. The van der Waals surface area contributed by atoms with Crippen LogP contribution in [-0.2, 0) is 21.4 Å². The maximum atomic E-state index is 5.70. The summed E-state index contributed by atoms with van der Waals surface area (Å²) in [5.41, 5.74) is 2.20. The summed E-state index contributed by atoms with van der Waals surface area (Å²) in [6, 6.07) is 4.10. The van der Waals surface area contributed by atoms with Crippen LogP contribution in [0.1, 0.15) is 32.0 Å². The Bertz CT molecular complexity index is 416. The van der Waals surface area contributed by atoms with Gasteiger partial charge in [0.15, 0.2) is 0 Å². The molecule has 0 atom stereocenters. The molecule has 0 amide bonds. The van der Waals surface area contributed by atoms with Crippen molar-refractivity contribution >= 4 is 0 Å². The standard InChI is InChI=1S/C16H28N2O3/c1-16(2,3)14-10-13(12-17-4)11-15(18-14)21-9-8-20-7-6-19-5/h10-11,17H,6-9,12H2,1-5H3. The number of nitrogens with zero attached hydrogens (tertiary/aromatic N) is 1. The summed E-state index contributed by atoms with van der Waals surface area (Å²) < 4.78 is 16.0. The zero-order chi connectivity index (χ0) is 15.7. The first kappa shape index (κ1) is 17.9. The van der Waals surface area contributed by atoms with E-state index in [1.165, 1.54) is 5.56 Å². The van der Waals surface area contributed by atoms with E-state index in [-0.39, 0.29) is 5.41 Å². The predicted molar refractivity (Wildman–Crippen MR) is 83.9 cm³/mol. The van der Waals surface area contributed by atoms with E-state index in [1.807, 2.05) is 13.1 Å². The minimum Gasteiger partial charge on any atom is -0.475 e. The highest BCUT2D eigenvalue weighted by Gasteiger charge is 2.17. The van der Waals surface area contributed by atoms with Crippen molar-refractivity contribution in [2.45, 2.75) is 32.7 Å². The van der Waals surface area contributed by atoms with Gasteiger partial charge in [0, 0.05) is 25.1 Å². The van der Waals surface area contributed by atoms with Gasteiger partial charge >= 0.3 is 0 Å². The Kier molecular flexibility index (Phi) is 7.64. The molecule has 21 heavy (non-hydrogen) atoms. The lowest BCUT2D eigenvalue weighted by Gasteiger charge is -2.20. The largest absolute Gasteiger partial charge is 0.475 e. The van der Waals surface area contributed by atoms with Crippen LogP contribution in [0, 0.1) is 0 Å². The number of nitrogens with one attached hydrogen (secondary N) is 1. The predicted octanol–water partition coefficient (Wildman–Crippen LogP) is 2.14. The molecule has 0 aliphatic heterocycles. The van der Waals surface area contributed by atoms with Crippen LogP contribution in [0.25, 0.3) is 0 Å². The molecule has 0 fully saturated rings. The Morgan fingerprint density at radius 1 is 1.10 bits per heavy atom. The molecule has 0 aromatic carbocycles. The van der Waals surface area contributed by atoms with Gasteiger partial charge in [0.2, 0.25) is 5.88 Å². The van der Waals surface area contributed by atoms with Crippen molar-refractivity contribution < 1.29 is 14.2 Å². The average Bonchev–Trinajstić information content (AvgIpc) is 2.42. The molecule has 5 nitrogen and oxygen atoms in total. The minimum atomic E-state index is -0.00315. The van der Waals surface area contributed by atoms with Gasteiger partial charge in [-0.05, 0) is 18.7 Å². The lowest BCUT2D eigenvalue weighted by Crippen LogP contribution is -2.17. The van der Waals surface area contributed by atoms with Gasteiger partial charge in [-0.1, -0.05) is 20.8 Å². The van der Waals surface area contributed by atoms with E-state index in [4.69, 9.17) is 14.2 Å². The Hall–Kier alpha value is -1.17. The smallest absolute Gasteiger partial charge is 0.213 e. The highest BCUT2D eigenvalue weighted by atomic mass is 16.5. The number of pyridine rings is 1. The van der Waals surface area contributed by atoms with E-state index >= 15 is 0 Å². The SMILES string of the molecule is CNCc1cc(OCCOCCOC)nc(C(C)(C)C)c1. The fourth-order valence-corrected chi connectivity index (χ4v) is 1.77. The van der Waals surface area contributed by atoms with Gasteiger partial charge in [-0.25, -0.2) is 4.98 Å². The Morgan fingerprint density at radius 3 is 2.43 bits per heavy atom. The van der Waals surface area contributed by atoms with Crippen LogP contribution in [0.2, 0.25) is 0 Å². The number of methoxy groups -OCH3 is 1. The molecule has 0 bridgehead atoms. The normalized spacial score (nSPS) is 11.7. The molecule has 120 valence electrons. The minimum absolute atomic E-state index is 0.00315. The lowest BCUT2D eigenvalue weighted by molar-refractivity contribution is 0.0536. The number of aromatic nitrogens is 1. The highest BCUT2D eigenvalue weighted by Crippen LogP contribution is 2.24. The maximum absolute atomic E-state index is 5.70. The first-order chi connectivity index (χ1) is 9.97. The third kappa shape index (κ3) is 6.89. The molecular formula is C16H28N2O3. The van der Waals surface area contributed by atoms with Gasteiger partial charge in [-0.15, -0.1) is 0 Å². The number of hydrogen-bond acceptors (Lipinski definition) is 5. The molecule has 0 radical (unpaired) electrons. The van der Waals surface area contributed by atoms with Crippen molar-refractivity contribution in [3.8, 4) is 5.88 Å². The second-order valence-corrected chi connectivity index (χ2v) is 5.93. The summed E-state index contributed by atoms with van der Waals surface area (Å²) in [5.74, 6) is 0.656. The molecule has 0 aliphatic rings. The van der Waals surface area contributed by atoms with Crippen LogP contribution in [0.5, 0.6) is 5.88 Å². The molecule has 0 saturated carbocycles. The van der Waals surface area contributed by atoms with Gasteiger partial charge in [0.05, 0.1) is 25.5 Å². The van der Waals surface area contributed by atoms with Crippen LogP contribution in [0.15, 0.2) is 12.1 Å². The summed E-state index contributed by atoms with van der Waals surface area (Å²) in [4.78, 5) is 4.59. The summed E-state index contributed by atoms with van der Waals surface area (Å²) in [6.07, 6.45) is 0. The molecular weight excluding hydrogens is 268 g/mol. The summed E-state index contributed by atoms with van der Waals surface area (Å²) in [6.45, 7) is 9.45. The molecule has 1 heterocycles. The Labute approximate surface area is 128 Å². The molecule has 1 N–H and O–H groups in total. The highest BCUT2D eigenvalue weighted by molar-refractivity contribution is 5.28. The maximum Gasteiger partial charge on any atom is 0.213 e. The van der Waals surface area contributed by atoms with Crippen molar-refractivity contribution in [2.24, 2.45) is 0 Å². The molecule has 5 heteroatoms. The van der Waals surface area contributed by atoms with Crippen LogP contribution in [0.4, 0.5) is 0 Å². The topological polar surface area (TPSA) is 52.6 Å². The molecule has 0 saturated heterocycles. The fraction of sp³-hybridized carbons (Fsp3) is 0.688. The number of hydrogen-bond donors (Lipinski definition) is 1. The summed E-state index contributed by atoms with van der Waals surface area (Å²) in [5, 5.41) is 3.16. The third-order valence-electron chi connectivity index (χ3n) is 2.92. The van der Waals surface area contributed by atoms with Crippen molar-refractivity contribution in [1.82, 2.24) is 10.3 Å². The summed E-state index contributed by atoms with van der Waals surface area (Å²) in [7, 11) is 3.59. The van der Waals surface area contributed by atoms with Crippen LogP contribution in [-0.4, -0.2) is 45.6 Å². The fourth-order valence-electron chi connectivity index (χ4n) is 1.77. The van der Waals surface area contributed by atoms with Gasteiger partial charge < -0.3 is 19.5 Å². The first-order valence-electron chi connectivity index (χ1n) is 7.33. The van der Waals surface area contributed by atoms with Crippen LogP contribution >= 0.6 is 0 Å². The molecule has 0 aliphatic carbocycles. The lowest BCUT2D eigenvalue weighted by atomic mass is 9.91. The monoisotopic (exact) mass is 296 g/mol. The van der Waals surface area contributed by atoms with E-state index in [9.17, 15) is 0 Å². The van der Waals surface area contributed by atoms with Gasteiger partial charge in [0.1, 0.15) is 6.61 Å². The Balaban J connectivity index is 2.61. The van der Waals surface area contributed by atoms with Gasteiger partial charge in [-0.3, -0.25) is 0 Å². The van der Waals surface area contributed by atoms with Gasteiger partial charge in [-0.2, -0.15) is 0 Å². The Morgan fingerprint density at radius 2 is 1.81 bits per heavy atom. The van der Waals surface area contributed by atoms with Crippen LogP contribution in [0.3, 0.4) is 0 Å². The zero-order valence-corrected chi connectivity index (χ0v) is 13.9. The van der Waals surface area contributed by atoms with E-state index in [2.05, 4.69) is 37.1 Å². The van der Waals surface area contributed by atoms with E-state index < -0.39 is 0 Å². The molecule has 1 aromatic heterocycles. The van der Waals surface area contributed by atoms with Gasteiger partial charge in [0.25, 0.3) is 0 Å². The van der Waals surface area contributed by atoms with Crippen molar-refractivity contribution in [2.75, 3.05) is 40.6 Å². The molecule has 0 unspecified atom stereocenters. The number of ether oxygens (including phenoxy) is 3.